The average molecular weight is 458 g/mol. The predicted octanol–water partition coefficient (Wildman–Crippen LogP) is 3.06. The van der Waals surface area contributed by atoms with E-state index in [1.807, 2.05) is 66.7 Å². The molecule has 2 aliphatic heterocycles. The van der Waals surface area contributed by atoms with E-state index in [2.05, 4.69) is 26.6 Å². The molecule has 5 rings (SSSR count). The van der Waals surface area contributed by atoms with Gasteiger partial charge in [0.25, 0.3) is 0 Å². The van der Waals surface area contributed by atoms with E-state index in [0.29, 0.717) is 26.1 Å². The van der Waals surface area contributed by atoms with Crippen LogP contribution in [0.3, 0.4) is 0 Å². The first kappa shape index (κ1) is 22.3. The van der Waals surface area contributed by atoms with Crippen LogP contribution in [-0.4, -0.2) is 70.4 Å². The number of benzene rings is 2. The van der Waals surface area contributed by atoms with E-state index in [9.17, 15) is 9.59 Å². The Kier molecular flexibility index (Phi) is 6.45. The van der Waals surface area contributed by atoms with Gasteiger partial charge in [0.2, 0.25) is 11.8 Å². The van der Waals surface area contributed by atoms with E-state index in [1.54, 1.807) is 4.90 Å². The number of carbonyl (C=O) groups is 2. The molecule has 0 spiro atoms. The van der Waals surface area contributed by atoms with Gasteiger partial charge in [0, 0.05) is 75.9 Å². The fourth-order valence-electron chi connectivity index (χ4n) is 4.88. The molecule has 0 radical (unpaired) electrons. The summed E-state index contributed by atoms with van der Waals surface area (Å²) in [4.78, 5) is 36.4. The van der Waals surface area contributed by atoms with Gasteiger partial charge >= 0.3 is 0 Å². The summed E-state index contributed by atoms with van der Waals surface area (Å²) < 4.78 is 2.19. The van der Waals surface area contributed by atoms with Crippen LogP contribution in [0.5, 0.6) is 0 Å². The number of imidazole rings is 1. The van der Waals surface area contributed by atoms with E-state index in [4.69, 9.17) is 0 Å². The number of rotatable bonds is 6. The van der Waals surface area contributed by atoms with Crippen LogP contribution in [0.15, 0.2) is 67.0 Å². The van der Waals surface area contributed by atoms with Gasteiger partial charge in [0.05, 0.1) is 5.92 Å². The lowest BCUT2D eigenvalue weighted by atomic mass is 10.1. The number of hydrogen-bond donors (Lipinski definition) is 0. The lowest BCUT2D eigenvalue weighted by Crippen LogP contribution is -2.51. The van der Waals surface area contributed by atoms with Crippen LogP contribution in [0.2, 0.25) is 0 Å². The molecule has 0 bridgehead atoms. The fraction of sp³-hybridized carbons (Fsp3) is 0.370. The van der Waals surface area contributed by atoms with Gasteiger partial charge in [-0.1, -0.05) is 48.0 Å². The SMILES string of the molecule is Cc1ccc(N2CC(C(=O)N3CCN(CCn4ccnc4-c4ccccc4)CC3)CC2=O)cc1. The summed E-state index contributed by atoms with van der Waals surface area (Å²) in [6.45, 7) is 7.41. The van der Waals surface area contributed by atoms with Crippen LogP contribution in [0.25, 0.3) is 11.4 Å². The number of carbonyl (C=O) groups excluding carboxylic acids is 2. The Hall–Kier alpha value is -3.45. The van der Waals surface area contributed by atoms with Crippen LogP contribution in [0, 0.1) is 12.8 Å². The van der Waals surface area contributed by atoms with Crippen LogP contribution >= 0.6 is 0 Å². The summed E-state index contributed by atoms with van der Waals surface area (Å²) in [6, 6.07) is 18.2. The zero-order valence-electron chi connectivity index (χ0n) is 19.6. The standard InChI is InChI=1S/C27H31N5O2/c1-21-7-9-24(10-8-21)32-20-23(19-25(32)33)27(34)31-17-14-29(15-18-31)13-16-30-12-11-28-26(30)22-5-3-2-4-6-22/h2-12,23H,13-20H2,1H3. The highest BCUT2D eigenvalue weighted by Crippen LogP contribution is 2.27. The Morgan fingerprint density at radius 2 is 1.71 bits per heavy atom. The minimum absolute atomic E-state index is 0.0374. The second kappa shape index (κ2) is 9.81. The molecule has 1 atom stereocenters. The number of aryl methyl sites for hydroxylation is 1. The monoisotopic (exact) mass is 457 g/mol. The van der Waals surface area contributed by atoms with Crippen molar-refractivity contribution in [2.45, 2.75) is 19.9 Å². The molecule has 176 valence electrons. The van der Waals surface area contributed by atoms with Crippen LogP contribution in [0.4, 0.5) is 5.69 Å². The molecule has 3 aromatic rings. The molecule has 1 unspecified atom stereocenters. The highest BCUT2D eigenvalue weighted by molar-refractivity contribution is 6.00. The molecule has 0 aliphatic carbocycles. The zero-order chi connectivity index (χ0) is 23.5. The summed E-state index contributed by atoms with van der Waals surface area (Å²) in [7, 11) is 0. The second-order valence-corrected chi connectivity index (χ2v) is 9.22. The van der Waals surface area contributed by atoms with Crippen molar-refractivity contribution >= 4 is 17.5 Å². The molecular formula is C27H31N5O2. The van der Waals surface area contributed by atoms with Crippen LogP contribution < -0.4 is 4.90 Å². The highest BCUT2D eigenvalue weighted by Gasteiger charge is 2.37. The van der Waals surface area contributed by atoms with Crippen molar-refractivity contribution in [3.05, 3.63) is 72.6 Å². The maximum absolute atomic E-state index is 13.1. The number of amides is 2. The molecule has 0 saturated carbocycles. The summed E-state index contributed by atoms with van der Waals surface area (Å²) in [5.41, 5.74) is 3.16. The van der Waals surface area contributed by atoms with Crippen molar-refractivity contribution in [1.29, 1.82) is 0 Å². The molecule has 2 saturated heterocycles. The molecule has 1 aromatic heterocycles. The number of nitrogens with zero attached hydrogens (tertiary/aromatic N) is 5. The molecule has 2 amide bonds. The Balaban J connectivity index is 1.12. The number of hydrogen-bond acceptors (Lipinski definition) is 4. The van der Waals surface area contributed by atoms with E-state index < -0.39 is 0 Å². The second-order valence-electron chi connectivity index (χ2n) is 9.22. The maximum atomic E-state index is 13.1. The molecule has 2 aromatic carbocycles. The summed E-state index contributed by atoms with van der Waals surface area (Å²) in [5.74, 6) is 0.886. The normalized spacial score (nSPS) is 19.1. The van der Waals surface area contributed by atoms with Crippen LogP contribution in [-0.2, 0) is 16.1 Å². The lowest BCUT2D eigenvalue weighted by molar-refractivity contribution is -0.137. The Morgan fingerprint density at radius 1 is 0.971 bits per heavy atom. The maximum Gasteiger partial charge on any atom is 0.228 e. The highest BCUT2D eigenvalue weighted by atomic mass is 16.2. The van der Waals surface area contributed by atoms with Gasteiger partial charge in [-0.15, -0.1) is 0 Å². The van der Waals surface area contributed by atoms with E-state index in [-0.39, 0.29) is 17.7 Å². The quantitative estimate of drug-likeness (QED) is 0.571. The van der Waals surface area contributed by atoms with Gasteiger partial charge in [0.15, 0.2) is 0 Å². The van der Waals surface area contributed by atoms with Crippen molar-refractivity contribution in [2.75, 3.05) is 44.2 Å². The minimum atomic E-state index is -0.250. The first-order chi connectivity index (χ1) is 16.6. The first-order valence-electron chi connectivity index (χ1n) is 12.0. The molecule has 3 heterocycles. The molecule has 0 N–H and O–H groups in total. The third kappa shape index (κ3) is 4.75. The summed E-state index contributed by atoms with van der Waals surface area (Å²) >= 11 is 0. The Labute approximate surface area is 200 Å². The third-order valence-electron chi connectivity index (χ3n) is 6.91. The number of aromatic nitrogens is 2. The minimum Gasteiger partial charge on any atom is -0.340 e. The van der Waals surface area contributed by atoms with Crippen LogP contribution in [0.1, 0.15) is 12.0 Å². The summed E-state index contributed by atoms with van der Waals surface area (Å²) in [6.07, 6.45) is 4.18. The van der Waals surface area contributed by atoms with Crippen molar-refractivity contribution in [3.8, 4) is 11.4 Å². The van der Waals surface area contributed by atoms with Gasteiger partial charge in [0.1, 0.15) is 5.82 Å². The van der Waals surface area contributed by atoms with E-state index in [1.165, 1.54) is 0 Å². The van der Waals surface area contributed by atoms with Gasteiger partial charge in [-0.05, 0) is 19.1 Å². The first-order valence-corrected chi connectivity index (χ1v) is 12.0. The third-order valence-corrected chi connectivity index (χ3v) is 6.91. The fourth-order valence-corrected chi connectivity index (χ4v) is 4.88. The molecule has 7 heteroatoms. The molecular weight excluding hydrogens is 426 g/mol. The zero-order valence-corrected chi connectivity index (χ0v) is 19.6. The molecule has 2 fully saturated rings. The Bertz CT molecular complexity index is 1130. The number of anilines is 1. The van der Waals surface area contributed by atoms with E-state index in [0.717, 1.165) is 48.8 Å². The smallest absolute Gasteiger partial charge is 0.228 e. The Morgan fingerprint density at radius 3 is 2.44 bits per heavy atom. The van der Waals surface area contributed by atoms with Crippen molar-refractivity contribution < 1.29 is 9.59 Å². The van der Waals surface area contributed by atoms with Crippen molar-refractivity contribution in [2.24, 2.45) is 5.92 Å². The van der Waals surface area contributed by atoms with Gasteiger partial charge in [-0.2, -0.15) is 0 Å². The van der Waals surface area contributed by atoms with Gasteiger partial charge in [-0.25, -0.2) is 4.98 Å². The average Bonchev–Trinajstić information content (AvgIpc) is 3.50. The summed E-state index contributed by atoms with van der Waals surface area (Å²) in [5, 5.41) is 0. The topological polar surface area (TPSA) is 61.7 Å². The van der Waals surface area contributed by atoms with Gasteiger partial charge in [-0.3, -0.25) is 14.5 Å². The van der Waals surface area contributed by atoms with E-state index >= 15 is 0 Å². The van der Waals surface area contributed by atoms with Gasteiger partial charge < -0.3 is 14.4 Å². The molecule has 34 heavy (non-hydrogen) atoms. The van der Waals surface area contributed by atoms with Crippen molar-refractivity contribution in [1.82, 2.24) is 19.4 Å². The lowest BCUT2D eigenvalue weighted by Gasteiger charge is -2.36. The molecule has 7 nitrogen and oxygen atoms in total. The van der Waals surface area contributed by atoms with Crippen molar-refractivity contribution in [3.63, 3.8) is 0 Å². The predicted molar refractivity (Wildman–Crippen MR) is 132 cm³/mol. The molecule has 2 aliphatic rings. The largest absolute Gasteiger partial charge is 0.340 e. The number of piperazine rings is 1.